The van der Waals surface area contributed by atoms with Crippen molar-refractivity contribution in [3.05, 3.63) is 64.9 Å². The summed E-state index contributed by atoms with van der Waals surface area (Å²) in [5, 5.41) is 7.94. The molecule has 2 aromatic carbocycles. The third kappa shape index (κ3) is 3.57. The van der Waals surface area contributed by atoms with Crippen molar-refractivity contribution < 1.29 is 9.59 Å². The van der Waals surface area contributed by atoms with Crippen LogP contribution in [0.25, 0.3) is 33.0 Å². The number of carbonyl (C=O) groups excluding carboxylic acids is 2. The molecule has 0 aliphatic carbocycles. The Kier molecular flexibility index (Phi) is 5.09. The fourth-order valence-electron chi connectivity index (χ4n) is 5.01. The van der Waals surface area contributed by atoms with E-state index >= 15 is 0 Å². The Morgan fingerprint density at radius 1 is 1.03 bits per heavy atom. The number of nitrogens with one attached hydrogen (secondary N) is 2. The van der Waals surface area contributed by atoms with E-state index < -0.39 is 11.8 Å². The van der Waals surface area contributed by atoms with Gasteiger partial charge in [-0.2, -0.15) is 0 Å². The molecule has 4 aromatic rings. The topological polar surface area (TPSA) is 92.2 Å². The maximum Gasteiger partial charge on any atom is 0.261 e. The summed E-state index contributed by atoms with van der Waals surface area (Å²) in [6.07, 6.45) is 1.88. The molecule has 2 N–H and O–H groups in total. The SMILES string of the molecule is C[C@H]1CN(c2nc(C3=C(c4cn(C)c5ccccc45)C(=O)NC3=O)c3cc(Cl)ccc3n2)CCN1. The van der Waals surface area contributed by atoms with Gasteiger partial charge in [0.2, 0.25) is 5.95 Å². The van der Waals surface area contributed by atoms with E-state index in [2.05, 4.69) is 22.5 Å². The van der Waals surface area contributed by atoms with Crippen molar-refractivity contribution in [2.24, 2.45) is 7.05 Å². The maximum atomic E-state index is 13.3. The van der Waals surface area contributed by atoms with Crippen molar-refractivity contribution in [1.29, 1.82) is 0 Å². The minimum atomic E-state index is -0.475. The molecular formula is C26H23ClN6O2. The van der Waals surface area contributed by atoms with Gasteiger partial charge in [0, 0.05) is 65.8 Å². The molecule has 0 bridgehead atoms. The molecule has 176 valence electrons. The lowest BCUT2D eigenvalue weighted by Gasteiger charge is -2.32. The normalized spacial score (nSPS) is 18.7. The number of fused-ring (bicyclic) bond motifs is 2. The highest BCUT2D eigenvalue weighted by Crippen LogP contribution is 2.38. The molecule has 2 aliphatic rings. The van der Waals surface area contributed by atoms with Gasteiger partial charge in [-0.3, -0.25) is 14.9 Å². The van der Waals surface area contributed by atoms with Crippen LogP contribution in [-0.4, -0.2) is 52.0 Å². The Labute approximate surface area is 206 Å². The van der Waals surface area contributed by atoms with E-state index in [0.29, 0.717) is 38.7 Å². The molecule has 2 aromatic heterocycles. The van der Waals surface area contributed by atoms with E-state index in [0.717, 1.165) is 30.5 Å². The van der Waals surface area contributed by atoms with Crippen LogP contribution in [0, 0.1) is 0 Å². The monoisotopic (exact) mass is 486 g/mol. The van der Waals surface area contributed by atoms with E-state index in [9.17, 15) is 9.59 Å². The van der Waals surface area contributed by atoms with Crippen molar-refractivity contribution in [2.75, 3.05) is 24.5 Å². The molecule has 8 nitrogen and oxygen atoms in total. The van der Waals surface area contributed by atoms with Crippen LogP contribution in [0.3, 0.4) is 0 Å². The van der Waals surface area contributed by atoms with Crippen molar-refractivity contribution in [3.8, 4) is 0 Å². The first-order valence-corrected chi connectivity index (χ1v) is 11.9. The first kappa shape index (κ1) is 21.8. The van der Waals surface area contributed by atoms with E-state index in [1.165, 1.54) is 0 Å². The Hall–Kier alpha value is -3.75. The molecule has 1 atom stereocenters. The highest BCUT2D eigenvalue weighted by molar-refractivity contribution is 6.50. The number of hydrogen-bond donors (Lipinski definition) is 2. The van der Waals surface area contributed by atoms with Crippen LogP contribution < -0.4 is 15.5 Å². The molecule has 4 heterocycles. The fraction of sp³-hybridized carbons (Fsp3) is 0.231. The van der Waals surface area contributed by atoms with Crippen LogP contribution in [0.15, 0.2) is 48.7 Å². The van der Waals surface area contributed by atoms with Crippen LogP contribution in [0.1, 0.15) is 18.2 Å². The summed E-state index contributed by atoms with van der Waals surface area (Å²) in [6.45, 7) is 4.39. The molecule has 35 heavy (non-hydrogen) atoms. The zero-order chi connectivity index (χ0) is 24.3. The first-order chi connectivity index (χ1) is 16.9. The molecule has 0 radical (unpaired) electrons. The summed E-state index contributed by atoms with van der Waals surface area (Å²) >= 11 is 6.34. The second-order valence-electron chi connectivity index (χ2n) is 9.04. The quantitative estimate of drug-likeness (QED) is 0.432. The predicted molar refractivity (Wildman–Crippen MR) is 137 cm³/mol. The number of benzene rings is 2. The summed E-state index contributed by atoms with van der Waals surface area (Å²) < 4.78 is 1.95. The molecule has 9 heteroatoms. The summed E-state index contributed by atoms with van der Waals surface area (Å²) in [6, 6.07) is 13.4. The summed E-state index contributed by atoms with van der Waals surface area (Å²) in [5.74, 6) is -0.384. The average Bonchev–Trinajstić information content (AvgIpc) is 3.33. The van der Waals surface area contributed by atoms with Crippen LogP contribution in [0.2, 0.25) is 5.02 Å². The molecule has 1 saturated heterocycles. The number of aryl methyl sites for hydroxylation is 1. The number of hydrogen-bond acceptors (Lipinski definition) is 6. The number of carbonyl (C=O) groups is 2. The van der Waals surface area contributed by atoms with Crippen LogP contribution in [-0.2, 0) is 16.6 Å². The Bertz CT molecular complexity index is 1570. The summed E-state index contributed by atoms with van der Waals surface area (Å²) in [4.78, 5) is 38.2. The minimum Gasteiger partial charge on any atom is -0.350 e. The molecule has 2 amide bonds. The van der Waals surface area contributed by atoms with Gasteiger partial charge >= 0.3 is 0 Å². The minimum absolute atomic E-state index is 0.241. The number of rotatable bonds is 3. The Balaban J connectivity index is 1.65. The van der Waals surface area contributed by atoms with E-state index in [-0.39, 0.29) is 11.6 Å². The number of para-hydroxylation sites is 1. The third-order valence-electron chi connectivity index (χ3n) is 6.63. The smallest absolute Gasteiger partial charge is 0.261 e. The van der Waals surface area contributed by atoms with E-state index in [1.54, 1.807) is 12.1 Å². The molecule has 1 fully saturated rings. The van der Waals surface area contributed by atoms with Gasteiger partial charge in [-0.05, 0) is 31.2 Å². The standard InChI is InChI=1S/C26H23ClN6O2/c1-14-12-33(10-9-28-14)26-29-19-8-7-15(27)11-17(19)23(30-26)22-21(24(34)31-25(22)35)18-13-32(2)20-6-4-3-5-16(18)20/h3-8,11,13-14,28H,9-10,12H2,1-2H3,(H,31,34,35)/t14-/m0/s1. The molecule has 0 spiro atoms. The lowest BCUT2D eigenvalue weighted by atomic mass is 9.97. The number of aromatic nitrogens is 3. The zero-order valence-corrected chi connectivity index (χ0v) is 20.1. The van der Waals surface area contributed by atoms with Gasteiger partial charge in [0.1, 0.15) is 0 Å². The lowest BCUT2D eigenvalue weighted by Crippen LogP contribution is -2.49. The van der Waals surface area contributed by atoms with Crippen molar-refractivity contribution >= 4 is 62.3 Å². The molecule has 2 aliphatic heterocycles. The van der Waals surface area contributed by atoms with Crippen molar-refractivity contribution in [3.63, 3.8) is 0 Å². The third-order valence-corrected chi connectivity index (χ3v) is 6.87. The first-order valence-electron chi connectivity index (χ1n) is 11.5. The summed E-state index contributed by atoms with van der Waals surface area (Å²) in [7, 11) is 1.92. The Morgan fingerprint density at radius 2 is 1.83 bits per heavy atom. The average molecular weight is 487 g/mol. The van der Waals surface area contributed by atoms with Gasteiger partial charge in [-0.15, -0.1) is 0 Å². The van der Waals surface area contributed by atoms with Gasteiger partial charge in [0.25, 0.3) is 11.8 Å². The van der Waals surface area contributed by atoms with Gasteiger partial charge in [0.15, 0.2) is 0 Å². The number of amides is 2. The van der Waals surface area contributed by atoms with Crippen molar-refractivity contribution in [1.82, 2.24) is 25.2 Å². The fourth-order valence-corrected chi connectivity index (χ4v) is 5.19. The zero-order valence-electron chi connectivity index (χ0n) is 19.3. The molecule has 0 saturated carbocycles. The van der Waals surface area contributed by atoms with E-state index in [4.69, 9.17) is 21.6 Å². The molecular weight excluding hydrogens is 464 g/mol. The second kappa shape index (κ2) is 8.18. The van der Waals surface area contributed by atoms with Gasteiger partial charge in [-0.25, -0.2) is 9.97 Å². The molecule has 0 unspecified atom stereocenters. The van der Waals surface area contributed by atoms with E-state index in [1.807, 2.05) is 48.1 Å². The van der Waals surface area contributed by atoms with Gasteiger partial charge in [-0.1, -0.05) is 29.8 Å². The van der Waals surface area contributed by atoms with Crippen LogP contribution in [0.5, 0.6) is 0 Å². The molecule has 6 rings (SSSR count). The second-order valence-corrected chi connectivity index (χ2v) is 9.48. The number of anilines is 1. The lowest BCUT2D eigenvalue weighted by molar-refractivity contribution is -0.122. The number of imide groups is 1. The number of nitrogens with zero attached hydrogens (tertiary/aromatic N) is 4. The Morgan fingerprint density at radius 3 is 2.66 bits per heavy atom. The van der Waals surface area contributed by atoms with Gasteiger partial charge in [0.05, 0.1) is 22.4 Å². The summed E-state index contributed by atoms with van der Waals surface area (Å²) in [5.41, 5.74) is 3.28. The predicted octanol–water partition coefficient (Wildman–Crippen LogP) is 3.14. The number of piperazine rings is 1. The highest BCUT2D eigenvalue weighted by Gasteiger charge is 2.36. The highest BCUT2D eigenvalue weighted by atomic mass is 35.5. The van der Waals surface area contributed by atoms with Gasteiger partial charge < -0.3 is 14.8 Å². The van der Waals surface area contributed by atoms with Crippen LogP contribution >= 0.6 is 11.6 Å². The largest absolute Gasteiger partial charge is 0.350 e. The van der Waals surface area contributed by atoms with Crippen molar-refractivity contribution in [2.45, 2.75) is 13.0 Å². The number of halogens is 1. The van der Waals surface area contributed by atoms with Crippen LogP contribution in [0.4, 0.5) is 5.95 Å². The maximum absolute atomic E-state index is 13.3.